The standard InChI is InChI=1S/C18H21N5O3/c1-11-6-7-13(16(20-11)24-3)18-22-21-17(26-18)12-5-4-10-25-14(12)15-19-8-9-23(15)2/h6-9,12,14H,4-5,10H2,1-3H3/t12-,14-/m1/s1. The van der Waals surface area contributed by atoms with Crippen LogP contribution in [-0.4, -0.2) is 38.4 Å². The third-order valence-corrected chi connectivity index (χ3v) is 4.62. The summed E-state index contributed by atoms with van der Waals surface area (Å²) in [5.41, 5.74) is 1.54. The van der Waals surface area contributed by atoms with E-state index in [-0.39, 0.29) is 12.0 Å². The van der Waals surface area contributed by atoms with E-state index in [1.807, 2.05) is 36.9 Å². The quantitative estimate of drug-likeness (QED) is 0.711. The lowest BCUT2D eigenvalue weighted by Gasteiger charge is -2.28. The van der Waals surface area contributed by atoms with Crippen molar-refractivity contribution in [1.82, 2.24) is 24.7 Å². The number of methoxy groups -OCH3 is 1. The van der Waals surface area contributed by atoms with Crippen LogP contribution in [0.2, 0.25) is 0 Å². The van der Waals surface area contributed by atoms with E-state index < -0.39 is 0 Å². The number of aromatic nitrogens is 5. The van der Waals surface area contributed by atoms with E-state index in [1.165, 1.54) is 0 Å². The highest BCUT2D eigenvalue weighted by atomic mass is 16.5. The molecule has 3 aromatic rings. The van der Waals surface area contributed by atoms with E-state index >= 15 is 0 Å². The van der Waals surface area contributed by atoms with Crippen LogP contribution in [0.4, 0.5) is 0 Å². The van der Waals surface area contributed by atoms with Crippen molar-refractivity contribution in [3.05, 3.63) is 41.9 Å². The topological polar surface area (TPSA) is 88.1 Å². The third kappa shape index (κ3) is 2.96. The van der Waals surface area contributed by atoms with Gasteiger partial charge < -0.3 is 18.5 Å². The summed E-state index contributed by atoms with van der Waals surface area (Å²) in [7, 11) is 3.54. The molecule has 0 aromatic carbocycles. The van der Waals surface area contributed by atoms with Crippen LogP contribution in [0.25, 0.3) is 11.5 Å². The second-order valence-corrected chi connectivity index (χ2v) is 6.39. The zero-order chi connectivity index (χ0) is 18.1. The summed E-state index contributed by atoms with van der Waals surface area (Å²) < 4.78 is 19.3. The van der Waals surface area contributed by atoms with Crippen LogP contribution in [-0.2, 0) is 11.8 Å². The summed E-state index contributed by atoms with van der Waals surface area (Å²) in [6.07, 6.45) is 5.33. The number of aryl methyl sites for hydroxylation is 2. The van der Waals surface area contributed by atoms with Gasteiger partial charge in [0.25, 0.3) is 5.89 Å². The lowest BCUT2D eigenvalue weighted by Crippen LogP contribution is -2.23. The van der Waals surface area contributed by atoms with Gasteiger partial charge in [-0.3, -0.25) is 0 Å². The largest absolute Gasteiger partial charge is 0.480 e. The van der Waals surface area contributed by atoms with Crippen LogP contribution < -0.4 is 4.74 Å². The van der Waals surface area contributed by atoms with Gasteiger partial charge in [-0.15, -0.1) is 10.2 Å². The number of ether oxygens (including phenoxy) is 2. The van der Waals surface area contributed by atoms with Gasteiger partial charge in [0.05, 0.1) is 13.0 Å². The van der Waals surface area contributed by atoms with E-state index in [1.54, 1.807) is 13.3 Å². The van der Waals surface area contributed by atoms with Crippen LogP contribution in [0.5, 0.6) is 5.88 Å². The zero-order valence-corrected chi connectivity index (χ0v) is 15.0. The van der Waals surface area contributed by atoms with Gasteiger partial charge in [-0.2, -0.15) is 0 Å². The average Bonchev–Trinajstić information content (AvgIpc) is 3.30. The molecule has 8 nitrogen and oxygen atoms in total. The monoisotopic (exact) mass is 355 g/mol. The van der Waals surface area contributed by atoms with Crippen molar-refractivity contribution in [2.45, 2.75) is 31.8 Å². The first-order valence-corrected chi connectivity index (χ1v) is 8.61. The molecule has 136 valence electrons. The summed E-state index contributed by atoms with van der Waals surface area (Å²) in [5.74, 6) is 2.25. The minimum absolute atomic E-state index is 0.0319. The number of hydrogen-bond acceptors (Lipinski definition) is 7. The Morgan fingerprint density at radius 3 is 2.92 bits per heavy atom. The summed E-state index contributed by atoms with van der Waals surface area (Å²) in [6.45, 7) is 2.60. The molecule has 0 spiro atoms. The Balaban J connectivity index is 1.67. The summed E-state index contributed by atoms with van der Waals surface area (Å²) >= 11 is 0. The van der Waals surface area contributed by atoms with Crippen LogP contribution in [0.15, 0.2) is 28.9 Å². The maximum Gasteiger partial charge on any atom is 0.253 e. The first-order valence-electron chi connectivity index (χ1n) is 8.61. The van der Waals surface area contributed by atoms with Gasteiger partial charge in [0, 0.05) is 31.7 Å². The molecular weight excluding hydrogens is 334 g/mol. The van der Waals surface area contributed by atoms with Crippen molar-refractivity contribution in [3.8, 4) is 17.3 Å². The zero-order valence-electron chi connectivity index (χ0n) is 15.0. The maximum absolute atomic E-state index is 6.00. The lowest BCUT2D eigenvalue weighted by atomic mass is 9.93. The van der Waals surface area contributed by atoms with Crippen molar-refractivity contribution in [1.29, 1.82) is 0 Å². The Morgan fingerprint density at radius 1 is 1.27 bits per heavy atom. The number of imidazole rings is 1. The summed E-state index contributed by atoms with van der Waals surface area (Å²) in [5, 5.41) is 8.51. The molecule has 0 amide bonds. The van der Waals surface area contributed by atoms with Crippen molar-refractivity contribution in [2.75, 3.05) is 13.7 Å². The van der Waals surface area contributed by atoms with Crippen molar-refractivity contribution in [3.63, 3.8) is 0 Å². The number of nitrogens with zero attached hydrogens (tertiary/aromatic N) is 5. The Labute approximate surface area is 151 Å². The normalized spacial score (nSPS) is 20.3. The van der Waals surface area contributed by atoms with Crippen LogP contribution in [0.3, 0.4) is 0 Å². The molecule has 0 radical (unpaired) electrons. The molecule has 1 saturated heterocycles. The van der Waals surface area contributed by atoms with Crippen molar-refractivity contribution < 1.29 is 13.9 Å². The molecule has 0 N–H and O–H groups in total. The molecular formula is C18H21N5O3. The van der Waals surface area contributed by atoms with Crippen LogP contribution in [0, 0.1) is 6.92 Å². The van der Waals surface area contributed by atoms with E-state index in [0.29, 0.717) is 29.8 Å². The molecule has 1 fully saturated rings. The van der Waals surface area contributed by atoms with Gasteiger partial charge in [-0.05, 0) is 31.9 Å². The van der Waals surface area contributed by atoms with Gasteiger partial charge in [0.15, 0.2) is 0 Å². The van der Waals surface area contributed by atoms with Crippen molar-refractivity contribution >= 4 is 0 Å². The van der Waals surface area contributed by atoms with Gasteiger partial charge in [0.2, 0.25) is 11.8 Å². The fourth-order valence-electron chi connectivity index (χ4n) is 3.28. The highest BCUT2D eigenvalue weighted by Gasteiger charge is 2.35. The molecule has 2 atom stereocenters. The predicted molar refractivity (Wildman–Crippen MR) is 92.7 cm³/mol. The van der Waals surface area contributed by atoms with E-state index in [2.05, 4.69) is 20.2 Å². The summed E-state index contributed by atoms with van der Waals surface area (Å²) in [6, 6.07) is 3.77. The smallest absolute Gasteiger partial charge is 0.253 e. The molecule has 26 heavy (non-hydrogen) atoms. The first-order chi connectivity index (χ1) is 12.7. The highest BCUT2D eigenvalue weighted by molar-refractivity contribution is 5.59. The first kappa shape index (κ1) is 16.7. The second kappa shape index (κ2) is 6.87. The van der Waals surface area contributed by atoms with Gasteiger partial charge in [-0.25, -0.2) is 9.97 Å². The molecule has 0 bridgehead atoms. The second-order valence-electron chi connectivity index (χ2n) is 6.39. The van der Waals surface area contributed by atoms with Gasteiger partial charge >= 0.3 is 0 Å². The molecule has 0 unspecified atom stereocenters. The fourth-order valence-corrected chi connectivity index (χ4v) is 3.28. The molecule has 0 aliphatic carbocycles. The molecule has 4 rings (SSSR count). The fraction of sp³-hybridized carbons (Fsp3) is 0.444. The van der Waals surface area contributed by atoms with Crippen molar-refractivity contribution in [2.24, 2.45) is 7.05 Å². The summed E-state index contributed by atoms with van der Waals surface area (Å²) in [4.78, 5) is 8.80. The Kier molecular flexibility index (Phi) is 4.42. The van der Waals surface area contributed by atoms with E-state index in [9.17, 15) is 0 Å². The minimum atomic E-state index is -0.199. The van der Waals surface area contributed by atoms with E-state index in [0.717, 1.165) is 24.4 Å². The maximum atomic E-state index is 6.00. The Bertz CT molecular complexity index is 904. The van der Waals surface area contributed by atoms with Gasteiger partial charge in [0.1, 0.15) is 17.5 Å². The molecule has 1 aliphatic heterocycles. The molecule has 1 aliphatic rings. The van der Waals surface area contributed by atoms with Crippen LogP contribution >= 0.6 is 0 Å². The average molecular weight is 355 g/mol. The molecule has 0 saturated carbocycles. The number of hydrogen-bond donors (Lipinski definition) is 0. The molecule has 3 aromatic heterocycles. The minimum Gasteiger partial charge on any atom is -0.480 e. The Morgan fingerprint density at radius 2 is 2.15 bits per heavy atom. The molecule has 4 heterocycles. The lowest BCUT2D eigenvalue weighted by molar-refractivity contribution is -0.0156. The van der Waals surface area contributed by atoms with Crippen LogP contribution in [0.1, 0.15) is 42.3 Å². The van der Waals surface area contributed by atoms with Gasteiger partial charge in [-0.1, -0.05) is 0 Å². The molecule has 8 heteroatoms. The highest BCUT2D eigenvalue weighted by Crippen LogP contribution is 2.40. The number of rotatable bonds is 4. The van der Waals surface area contributed by atoms with E-state index in [4.69, 9.17) is 13.9 Å². The SMILES string of the molecule is COc1nc(C)ccc1-c1nnc([C@@H]2CCCO[C@H]2c2nccn2C)o1. The predicted octanol–water partition coefficient (Wildman–Crippen LogP) is 2.82. The number of pyridine rings is 1. The third-order valence-electron chi connectivity index (χ3n) is 4.62. The Hall–Kier alpha value is -2.74.